The lowest BCUT2D eigenvalue weighted by Crippen LogP contribution is -2.14. The van der Waals surface area contributed by atoms with Crippen LogP contribution >= 0.6 is 11.3 Å². The number of fused-ring (bicyclic) bond motifs is 1. The molecule has 0 aliphatic heterocycles. The van der Waals surface area contributed by atoms with Gasteiger partial charge in [0.05, 0.1) is 12.1 Å². The Morgan fingerprint density at radius 3 is 2.52 bits per heavy atom. The Morgan fingerprint density at radius 2 is 1.85 bits per heavy atom. The summed E-state index contributed by atoms with van der Waals surface area (Å²) in [5.41, 5.74) is 4.04. The molecule has 1 aromatic carbocycles. The standard InChI is InChI=1S/C22H20F3N5O2S/c1-4-14-5-7-15(8-6-14)19-27-16(11-33-19)10-32-18(31)9-17-12(2)26-21-28-20(22(23,24)25)29-30(21)13(17)3/h5-8,11H,4,9-10H2,1-3H3. The van der Waals surface area contributed by atoms with Crippen LogP contribution in [0.25, 0.3) is 16.3 Å². The highest BCUT2D eigenvalue weighted by atomic mass is 32.1. The number of carbonyl (C=O) groups is 1. The van der Waals surface area contributed by atoms with E-state index in [-0.39, 0.29) is 18.8 Å². The normalized spacial score (nSPS) is 11.8. The van der Waals surface area contributed by atoms with Gasteiger partial charge in [0.2, 0.25) is 0 Å². The van der Waals surface area contributed by atoms with Crippen LogP contribution in [-0.4, -0.2) is 30.5 Å². The van der Waals surface area contributed by atoms with E-state index in [0.717, 1.165) is 21.5 Å². The molecule has 4 aromatic rings. The molecule has 0 fully saturated rings. The highest BCUT2D eigenvalue weighted by Crippen LogP contribution is 2.27. The summed E-state index contributed by atoms with van der Waals surface area (Å²) in [5, 5.41) is 6.14. The van der Waals surface area contributed by atoms with E-state index >= 15 is 0 Å². The van der Waals surface area contributed by atoms with Crippen LogP contribution in [0.1, 0.15) is 41.0 Å². The third-order valence-electron chi connectivity index (χ3n) is 5.17. The van der Waals surface area contributed by atoms with Crippen molar-refractivity contribution in [3.63, 3.8) is 0 Å². The van der Waals surface area contributed by atoms with Gasteiger partial charge >= 0.3 is 12.1 Å². The maximum atomic E-state index is 12.9. The third-order valence-corrected chi connectivity index (χ3v) is 6.11. The van der Waals surface area contributed by atoms with Gasteiger partial charge < -0.3 is 4.74 Å². The lowest BCUT2D eigenvalue weighted by atomic mass is 10.1. The summed E-state index contributed by atoms with van der Waals surface area (Å²) in [6.45, 7) is 5.26. The van der Waals surface area contributed by atoms with E-state index in [2.05, 4.69) is 39.1 Å². The zero-order valence-electron chi connectivity index (χ0n) is 18.1. The minimum absolute atomic E-state index is 0.00229. The molecule has 33 heavy (non-hydrogen) atoms. The van der Waals surface area contributed by atoms with Gasteiger partial charge in [-0.25, -0.2) is 14.5 Å². The van der Waals surface area contributed by atoms with Crippen molar-refractivity contribution in [3.8, 4) is 10.6 Å². The SMILES string of the molecule is CCc1ccc(-c2nc(COC(=O)Cc3c(C)nc4nc(C(F)(F)F)nn4c3C)cs2)cc1. The van der Waals surface area contributed by atoms with Crippen molar-refractivity contribution in [2.24, 2.45) is 0 Å². The number of ether oxygens (including phenoxy) is 1. The first kappa shape index (κ1) is 22.8. The quantitative estimate of drug-likeness (QED) is 0.375. The number of thiazole rings is 1. The lowest BCUT2D eigenvalue weighted by Gasteiger charge is -2.10. The minimum atomic E-state index is -4.68. The number of halogens is 3. The summed E-state index contributed by atoms with van der Waals surface area (Å²) in [4.78, 5) is 24.4. The molecule has 0 saturated heterocycles. The zero-order valence-corrected chi connectivity index (χ0v) is 18.9. The zero-order chi connectivity index (χ0) is 23.8. The van der Waals surface area contributed by atoms with Crippen LogP contribution in [-0.2, 0) is 35.2 Å². The van der Waals surface area contributed by atoms with Crippen LogP contribution in [0.4, 0.5) is 13.2 Å². The molecular formula is C22H20F3N5O2S. The molecule has 0 spiro atoms. The van der Waals surface area contributed by atoms with Gasteiger partial charge in [-0.2, -0.15) is 18.2 Å². The van der Waals surface area contributed by atoms with E-state index in [0.29, 0.717) is 22.6 Å². The Balaban J connectivity index is 1.44. The number of benzene rings is 1. The van der Waals surface area contributed by atoms with Gasteiger partial charge in [0.25, 0.3) is 11.6 Å². The number of rotatable bonds is 6. The molecule has 0 unspecified atom stereocenters. The van der Waals surface area contributed by atoms with Gasteiger partial charge in [0, 0.05) is 27.9 Å². The molecule has 0 saturated carbocycles. The summed E-state index contributed by atoms with van der Waals surface area (Å²) in [7, 11) is 0. The third kappa shape index (κ3) is 4.87. The summed E-state index contributed by atoms with van der Waals surface area (Å²) < 4.78 is 45.1. The van der Waals surface area contributed by atoms with Crippen molar-refractivity contribution in [1.82, 2.24) is 24.6 Å². The number of nitrogens with zero attached hydrogens (tertiary/aromatic N) is 5. The van der Waals surface area contributed by atoms with Gasteiger partial charge in [-0.3, -0.25) is 4.79 Å². The van der Waals surface area contributed by atoms with E-state index < -0.39 is 18.0 Å². The molecule has 4 rings (SSSR count). The first-order valence-corrected chi connectivity index (χ1v) is 11.0. The Hall–Kier alpha value is -3.34. The Labute approximate surface area is 191 Å². The maximum absolute atomic E-state index is 12.9. The Kier molecular flexibility index (Phi) is 6.15. The van der Waals surface area contributed by atoms with E-state index in [9.17, 15) is 18.0 Å². The number of carbonyl (C=O) groups excluding carboxylic acids is 1. The molecule has 3 aromatic heterocycles. The van der Waals surface area contributed by atoms with Crippen molar-refractivity contribution >= 4 is 23.1 Å². The van der Waals surface area contributed by atoms with Crippen LogP contribution in [0, 0.1) is 13.8 Å². The second kappa shape index (κ2) is 8.89. The molecule has 0 amide bonds. The van der Waals surface area contributed by atoms with Crippen LogP contribution in [0.5, 0.6) is 0 Å². The van der Waals surface area contributed by atoms with Gasteiger partial charge in [0.15, 0.2) is 0 Å². The molecule has 0 N–H and O–H groups in total. The fourth-order valence-electron chi connectivity index (χ4n) is 3.32. The topological polar surface area (TPSA) is 82.3 Å². The average Bonchev–Trinajstić information content (AvgIpc) is 3.42. The highest BCUT2D eigenvalue weighted by molar-refractivity contribution is 7.13. The van der Waals surface area contributed by atoms with Crippen LogP contribution in [0.3, 0.4) is 0 Å². The van der Waals surface area contributed by atoms with Gasteiger partial charge in [0.1, 0.15) is 11.6 Å². The smallest absolute Gasteiger partial charge is 0.453 e. The number of hydrogen-bond acceptors (Lipinski definition) is 7. The summed E-state index contributed by atoms with van der Waals surface area (Å²) in [6, 6.07) is 8.13. The molecule has 7 nitrogen and oxygen atoms in total. The molecule has 11 heteroatoms. The Morgan fingerprint density at radius 1 is 1.12 bits per heavy atom. The Bertz CT molecular complexity index is 1310. The molecule has 0 bridgehead atoms. The average molecular weight is 475 g/mol. The summed E-state index contributed by atoms with van der Waals surface area (Å²) >= 11 is 1.46. The van der Waals surface area contributed by atoms with Gasteiger partial charge in [-0.15, -0.1) is 16.4 Å². The fourth-order valence-corrected chi connectivity index (χ4v) is 4.13. The second-order valence-electron chi connectivity index (χ2n) is 7.44. The van der Waals surface area contributed by atoms with Gasteiger partial charge in [-0.05, 0) is 25.8 Å². The number of esters is 1. The highest BCUT2D eigenvalue weighted by Gasteiger charge is 2.37. The lowest BCUT2D eigenvalue weighted by molar-refractivity contribution is -0.145. The summed E-state index contributed by atoms with van der Waals surface area (Å²) in [5.74, 6) is -1.99. The van der Waals surface area contributed by atoms with Gasteiger partial charge in [-0.1, -0.05) is 31.2 Å². The second-order valence-corrected chi connectivity index (χ2v) is 8.30. The predicted octanol–water partition coefficient (Wildman–Crippen LogP) is 4.73. The van der Waals surface area contributed by atoms with Crippen molar-refractivity contribution in [1.29, 1.82) is 0 Å². The van der Waals surface area contributed by atoms with Crippen molar-refractivity contribution < 1.29 is 22.7 Å². The molecule has 3 heterocycles. The fraction of sp³-hybridized carbons (Fsp3) is 0.318. The number of hydrogen-bond donors (Lipinski definition) is 0. The first-order valence-electron chi connectivity index (χ1n) is 10.1. The number of aryl methyl sites for hydroxylation is 3. The molecule has 0 aliphatic rings. The van der Waals surface area contributed by atoms with Crippen molar-refractivity contribution in [2.45, 2.75) is 46.4 Å². The van der Waals surface area contributed by atoms with Crippen LogP contribution in [0.2, 0.25) is 0 Å². The molecular weight excluding hydrogens is 455 g/mol. The van der Waals surface area contributed by atoms with Crippen LogP contribution < -0.4 is 0 Å². The summed E-state index contributed by atoms with van der Waals surface area (Å²) in [6.07, 6.45) is -3.88. The van der Waals surface area contributed by atoms with E-state index in [1.165, 1.54) is 16.9 Å². The van der Waals surface area contributed by atoms with Crippen molar-refractivity contribution in [2.75, 3.05) is 0 Å². The molecule has 0 radical (unpaired) electrons. The predicted molar refractivity (Wildman–Crippen MR) is 116 cm³/mol. The van der Waals surface area contributed by atoms with E-state index in [4.69, 9.17) is 4.74 Å². The minimum Gasteiger partial charge on any atom is -0.459 e. The molecule has 0 atom stereocenters. The van der Waals surface area contributed by atoms with E-state index in [1.807, 2.05) is 17.5 Å². The largest absolute Gasteiger partial charge is 0.459 e. The van der Waals surface area contributed by atoms with E-state index in [1.54, 1.807) is 13.8 Å². The number of aromatic nitrogens is 5. The number of alkyl halides is 3. The first-order chi connectivity index (χ1) is 15.7. The van der Waals surface area contributed by atoms with Crippen molar-refractivity contribution in [3.05, 3.63) is 63.7 Å². The maximum Gasteiger partial charge on any atom is 0.453 e. The monoisotopic (exact) mass is 475 g/mol. The van der Waals surface area contributed by atoms with Crippen LogP contribution in [0.15, 0.2) is 29.6 Å². The molecule has 172 valence electrons. The molecule has 0 aliphatic carbocycles.